The molecule has 0 aliphatic carbocycles. The molecule has 2 N–H and O–H groups in total. The molecule has 0 aliphatic heterocycles. The van der Waals surface area contributed by atoms with Crippen LogP contribution in [-0.2, 0) is 17.6 Å². The van der Waals surface area contributed by atoms with E-state index in [2.05, 4.69) is 15.3 Å². The van der Waals surface area contributed by atoms with Crippen LogP contribution in [0.25, 0.3) is 11.0 Å². The van der Waals surface area contributed by atoms with E-state index in [1.54, 1.807) is 18.2 Å². The van der Waals surface area contributed by atoms with Crippen LogP contribution in [0, 0.1) is 15.9 Å². The number of nitro benzene ring substituents is 1. The highest BCUT2D eigenvalue weighted by Crippen LogP contribution is 2.13. The summed E-state index contributed by atoms with van der Waals surface area (Å²) >= 11 is 0. The van der Waals surface area contributed by atoms with E-state index < -0.39 is 4.92 Å². The Morgan fingerprint density at radius 2 is 2.00 bits per heavy atom. The number of nitro groups is 1. The molecule has 1 amide bonds. The Morgan fingerprint density at radius 1 is 1.24 bits per heavy atom. The zero-order valence-electron chi connectivity index (χ0n) is 13.2. The van der Waals surface area contributed by atoms with Crippen molar-refractivity contribution in [3.8, 4) is 0 Å². The molecule has 0 saturated heterocycles. The average molecular weight is 342 g/mol. The van der Waals surface area contributed by atoms with Gasteiger partial charge in [0.2, 0.25) is 5.91 Å². The van der Waals surface area contributed by atoms with Crippen LogP contribution in [0.5, 0.6) is 0 Å². The van der Waals surface area contributed by atoms with Gasteiger partial charge in [-0.15, -0.1) is 0 Å². The Morgan fingerprint density at radius 3 is 2.72 bits per heavy atom. The SMILES string of the molecule is O=C(Cc1ccc([N+](=O)[O-])cc1)NCCc1nc2ccc(F)cc2[nH]1. The molecule has 0 radical (unpaired) electrons. The fourth-order valence-corrected chi connectivity index (χ4v) is 2.46. The molecule has 0 spiro atoms. The lowest BCUT2D eigenvalue weighted by molar-refractivity contribution is -0.384. The lowest BCUT2D eigenvalue weighted by Gasteiger charge is -2.04. The predicted octanol–water partition coefficient (Wildman–Crippen LogP) is 2.51. The van der Waals surface area contributed by atoms with Gasteiger partial charge in [-0.2, -0.15) is 0 Å². The highest BCUT2D eigenvalue weighted by molar-refractivity contribution is 5.78. The van der Waals surface area contributed by atoms with Crippen LogP contribution in [0.3, 0.4) is 0 Å². The third-order valence-electron chi connectivity index (χ3n) is 3.69. The van der Waals surface area contributed by atoms with Crippen molar-refractivity contribution in [2.75, 3.05) is 6.54 Å². The molecule has 0 saturated carbocycles. The third-order valence-corrected chi connectivity index (χ3v) is 3.69. The average Bonchev–Trinajstić information content (AvgIpc) is 2.97. The van der Waals surface area contributed by atoms with E-state index in [0.29, 0.717) is 35.4 Å². The van der Waals surface area contributed by atoms with Crippen LogP contribution >= 0.6 is 0 Å². The molecule has 0 unspecified atom stereocenters. The maximum Gasteiger partial charge on any atom is 0.269 e. The maximum absolute atomic E-state index is 13.1. The molecule has 0 fully saturated rings. The van der Waals surface area contributed by atoms with Crippen molar-refractivity contribution in [1.82, 2.24) is 15.3 Å². The third kappa shape index (κ3) is 4.17. The summed E-state index contributed by atoms with van der Waals surface area (Å²) in [7, 11) is 0. The van der Waals surface area contributed by atoms with Gasteiger partial charge in [0.15, 0.2) is 0 Å². The lowest BCUT2D eigenvalue weighted by atomic mass is 10.1. The number of imidazole rings is 1. The molecule has 0 aliphatic rings. The van der Waals surface area contributed by atoms with Crippen molar-refractivity contribution in [1.29, 1.82) is 0 Å². The number of rotatable bonds is 6. The number of hydrogen-bond acceptors (Lipinski definition) is 4. The molecule has 3 rings (SSSR count). The Bertz CT molecular complexity index is 921. The molecule has 1 heterocycles. The Hall–Kier alpha value is -3.29. The molecule has 3 aromatic rings. The monoisotopic (exact) mass is 342 g/mol. The number of benzene rings is 2. The van der Waals surface area contributed by atoms with Crippen LogP contribution in [-0.4, -0.2) is 27.3 Å². The lowest BCUT2D eigenvalue weighted by Crippen LogP contribution is -2.27. The number of aromatic nitrogens is 2. The van der Waals surface area contributed by atoms with Gasteiger partial charge in [0.05, 0.1) is 22.4 Å². The van der Waals surface area contributed by atoms with Crippen molar-refractivity contribution < 1.29 is 14.1 Å². The summed E-state index contributed by atoms with van der Waals surface area (Å²) in [6, 6.07) is 10.2. The van der Waals surface area contributed by atoms with Gasteiger partial charge in [-0.05, 0) is 23.8 Å². The number of amides is 1. The number of nitrogens with one attached hydrogen (secondary N) is 2. The number of carbonyl (C=O) groups excluding carboxylic acids is 1. The predicted molar refractivity (Wildman–Crippen MR) is 89.6 cm³/mol. The van der Waals surface area contributed by atoms with E-state index in [1.807, 2.05) is 0 Å². The smallest absolute Gasteiger partial charge is 0.269 e. The summed E-state index contributed by atoms with van der Waals surface area (Å²) < 4.78 is 13.1. The second kappa shape index (κ2) is 7.08. The van der Waals surface area contributed by atoms with Gasteiger partial charge < -0.3 is 10.3 Å². The van der Waals surface area contributed by atoms with Crippen molar-refractivity contribution >= 4 is 22.6 Å². The van der Waals surface area contributed by atoms with Crippen LogP contribution in [0.15, 0.2) is 42.5 Å². The van der Waals surface area contributed by atoms with Crippen LogP contribution in [0.1, 0.15) is 11.4 Å². The number of fused-ring (bicyclic) bond motifs is 1. The van der Waals surface area contributed by atoms with E-state index in [9.17, 15) is 19.3 Å². The second-order valence-corrected chi connectivity index (χ2v) is 5.55. The molecule has 8 heteroatoms. The number of carbonyl (C=O) groups is 1. The fraction of sp³-hybridized carbons (Fsp3) is 0.176. The van der Waals surface area contributed by atoms with Gasteiger partial charge in [-0.25, -0.2) is 9.37 Å². The molecule has 7 nitrogen and oxygen atoms in total. The minimum Gasteiger partial charge on any atom is -0.355 e. The highest BCUT2D eigenvalue weighted by Gasteiger charge is 2.08. The van der Waals surface area contributed by atoms with E-state index in [1.165, 1.54) is 24.3 Å². The first-order valence-corrected chi connectivity index (χ1v) is 7.65. The number of halogens is 1. The first-order valence-electron chi connectivity index (χ1n) is 7.65. The van der Waals surface area contributed by atoms with Gasteiger partial charge in [0.25, 0.3) is 5.69 Å². The molecule has 2 aromatic carbocycles. The molecule has 0 bridgehead atoms. The van der Waals surface area contributed by atoms with Crippen molar-refractivity contribution in [3.63, 3.8) is 0 Å². The van der Waals surface area contributed by atoms with Crippen LogP contribution in [0.2, 0.25) is 0 Å². The van der Waals surface area contributed by atoms with Crippen LogP contribution < -0.4 is 5.32 Å². The quantitative estimate of drug-likeness (QED) is 0.531. The summed E-state index contributed by atoms with van der Waals surface area (Å²) in [6.07, 6.45) is 0.631. The number of aromatic amines is 1. The number of nitrogens with zero attached hydrogens (tertiary/aromatic N) is 2. The summed E-state index contributed by atoms with van der Waals surface area (Å²) in [5.74, 6) is 0.145. The maximum atomic E-state index is 13.1. The zero-order chi connectivity index (χ0) is 17.8. The topological polar surface area (TPSA) is 101 Å². The summed E-state index contributed by atoms with van der Waals surface area (Å²) in [6.45, 7) is 0.383. The Kier molecular flexibility index (Phi) is 4.69. The second-order valence-electron chi connectivity index (χ2n) is 5.55. The number of non-ortho nitro benzene ring substituents is 1. The molecule has 25 heavy (non-hydrogen) atoms. The Labute approximate surface area is 142 Å². The van der Waals surface area contributed by atoms with Gasteiger partial charge in [-0.1, -0.05) is 12.1 Å². The minimum absolute atomic E-state index is 0.00881. The summed E-state index contributed by atoms with van der Waals surface area (Å²) in [5, 5.41) is 13.4. The van der Waals surface area contributed by atoms with E-state index >= 15 is 0 Å². The molecule has 1 aromatic heterocycles. The van der Waals surface area contributed by atoms with Crippen LogP contribution in [0.4, 0.5) is 10.1 Å². The largest absolute Gasteiger partial charge is 0.355 e. The van der Waals surface area contributed by atoms with Gasteiger partial charge in [-0.3, -0.25) is 14.9 Å². The van der Waals surface area contributed by atoms with E-state index in [0.717, 1.165) is 0 Å². The first-order chi connectivity index (χ1) is 12.0. The molecule has 128 valence electrons. The Balaban J connectivity index is 1.50. The standard InChI is InChI=1S/C17H15FN4O3/c18-12-3-6-14-15(10-12)21-16(20-14)7-8-19-17(23)9-11-1-4-13(5-2-11)22(24)25/h1-6,10H,7-9H2,(H,19,23)(H,20,21). The first kappa shape index (κ1) is 16.6. The highest BCUT2D eigenvalue weighted by atomic mass is 19.1. The summed E-state index contributed by atoms with van der Waals surface area (Å²) in [4.78, 5) is 29.4. The number of H-pyrrole nitrogens is 1. The van der Waals surface area contributed by atoms with Crippen molar-refractivity contribution in [2.24, 2.45) is 0 Å². The van der Waals surface area contributed by atoms with Gasteiger partial charge >= 0.3 is 0 Å². The molecule has 0 atom stereocenters. The van der Waals surface area contributed by atoms with E-state index in [-0.39, 0.29) is 23.8 Å². The number of hydrogen-bond donors (Lipinski definition) is 2. The van der Waals surface area contributed by atoms with Gasteiger partial charge in [0.1, 0.15) is 11.6 Å². The summed E-state index contributed by atoms with van der Waals surface area (Å²) in [5.41, 5.74) is 1.98. The van der Waals surface area contributed by atoms with Crippen molar-refractivity contribution in [3.05, 3.63) is 69.8 Å². The van der Waals surface area contributed by atoms with Crippen molar-refractivity contribution in [2.45, 2.75) is 12.8 Å². The van der Waals surface area contributed by atoms with Gasteiger partial charge in [0, 0.05) is 25.1 Å². The van der Waals surface area contributed by atoms with E-state index in [4.69, 9.17) is 0 Å². The fourth-order valence-electron chi connectivity index (χ4n) is 2.46. The molecular formula is C17H15FN4O3. The zero-order valence-corrected chi connectivity index (χ0v) is 13.2. The normalized spacial score (nSPS) is 10.8. The minimum atomic E-state index is -0.483. The molecular weight excluding hydrogens is 327 g/mol.